The number of aliphatic hydroxyl groups excluding tert-OH is 1. The van der Waals surface area contributed by atoms with Gasteiger partial charge in [-0.2, -0.15) is 0 Å². The third-order valence-corrected chi connectivity index (χ3v) is 5.78. The van der Waals surface area contributed by atoms with Crippen molar-refractivity contribution in [1.82, 2.24) is 9.88 Å². The normalized spacial score (nSPS) is 24.6. The van der Waals surface area contributed by atoms with Gasteiger partial charge < -0.3 is 24.2 Å². The van der Waals surface area contributed by atoms with E-state index in [-0.39, 0.29) is 24.0 Å². The van der Waals surface area contributed by atoms with Crippen molar-refractivity contribution >= 4 is 17.4 Å². The Morgan fingerprint density at radius 3 is 2.71 bits per heavy atom. The molecule has 0 saturated carbocycles. The molecule has 160 valence electrons. The number of hydrogen-bond acceptors (Lipinski definition) is 7. The number of hydrogen-bond donors (Lipinski definition) is 1. The molecule has 0 bridgehead atoms. The van der Waals surface area contributed by atoms with Gasteiger partial charge in [0.1, 0.15) is 19.0 Å². The van der Waals surface area contributed by atoms with Crippen LogP contribution in [0.2, 0.25) is 0 Å². The Kier molecular flexibility index (Phi) is 5.07. The summed E-state index contributed by atoms with van der Waals surface area (Å²) in [7, 11) is 0. The zero-order valence-corrected chi connectivity index (χ0v) is 16.8. The average molecular weight is 422 g/mol. The lowest BCUT2D eigenvalue weighted by Gasteiger charge is -2.27. The quantitative estimate of drug-likeness (QED) is 0.459. The number of likely N-dealkylation sites (tertiary alicyclic amines) is 1. The van der Waals surface area contributed by atoms with Gasteiger partial charge in [0.05, 0.1) is 17.7 Å². The first-order valence-electron chi connectivity index (χ1n) is 10.3. The van der Waals surface area contributed by atoms with Crippen molar-refractivity contribution in [2.24, 2.45) is 0 Å². The van der Waals surface area contributed by atoms with Crippen molar-refractivity contribution < 1.29 is 28.9 Å². The Balaban J connectivity index is 1.59. The van der Waals surface area contributed by atoms with Crippen molar-refractivity contribution in [2.45, 2.75) is 25.0 Å². The summed E-state index contributed by atoms with van der Waals surface area (Å²) in [6.45, 7) is 1.78. The smallest absolute Gasteiger partial charge is 0.295 e. The number of rotatable bonds is 4. The number of carbonyl (C=O) groups excluding carboxylic acids is 2. The summed E-state index contributed by atoms with van der Waals surface area (Å²) in [4.78, 5) is 31.7. The molecule has 1 N–H and O–H groups in total. The van der Waals surface area contributed by atoms with E-state index in [2.05, 4.69) is 4.98 Å². The number of carbonyl (C=O) groups is 2. The van der Waals surface area contributed by atoms with Crippen LogP contribution < -0.4 is 9.47 Å². The predicted molar refractivity (Wildman–Crippen MR) is 110 cm³/mol. The molecule has 4 heterocycles. The molecule has 0 unspecified atom stereocenters. The molecule has 1 aromatic heterocycles. The summed E-state index contributed by atoms with van der Waals surface area (Å²) >= 11 is 0. The summed E-state index contributed by atoms with van der Waals surface area (Å²) in [5, 5.41) is 11.2. The van der Waals surface area contributed by atoms with Gasteiger partial charge in [-0.05, 0) is 42.7 Å². The lowest BCUT2D eigenvalue weighted by atomic mass is 9.96. The number of ether oxygens (including phenoxy) is 3. The molecule has 8 heteroatoms. The molecular weight excluding hydrogens is 400 g/mol. The molecule has 5 rings (SSSR count). The Bertz CT molecular complexity index is 1050. The molecule has 1 amide bonds. The maximum atomic E-state index is 13.1. The number of aromatic nitrogens is 1. The fourth-order valence-corrected chi connectivity index (χ4v) is 4.31. The van der Waals surface area contributed by atoms with Crippen LogP contribution in [0.15, 0.2) is 48.3 Å². The molecule has 3 aliphatic heterocycles. The van der Waals surface area contributed by atoms with Gasteiger partial charge in [-0.15, -0.1) is 0 Å². The SMILES string of the molecule is O=C1C(=O)N(C[C@@H]2CCCO2)[C@@H](c2cccnc2)C1=C(O)c1ccc2c(c1)OCCO2. The molecule has 2 saturated heterocycles. The van der Waals surface area contributed by atoms with Crippen molar-refractivity contribution in [3.63, 3.8) is 0 Å². The number of ketones is 1. The van der Waals surface area contributed by atoms with Gasteiger partial charge in [-0.3, -0.25) is 14.6 Å². The number of amides is 1. The van der Waals surface area contributed by atoms with Gasteiger partial charge in [-0.25, -0.2) is 0 Å². The van der Waals surface area contributed by atoms with Crippen molar-refractivity contribution in [1.29, 1.82) is 0 Å². The van der Waals surface area contributed by atoms with E-state index in [0.29, 0.717) is 42.4 Å². The Morgan fingerprint density at radius 1 is 1.13 bits per heavy atom. The van der Waals surface area contributed by atoms with E-state index in [9.17, 15) is 14.7 Å². The topological polar surface area (TPSA) is 98.2 Å². The molecule has 1 aromatic carbocycles. The van der Waals surface area contributed by atoms with Gasteiger partial charge in [-0.1, -0.05) is 6.07 Å². The highest BCUT2D eigenvalue weighted by Crippen LogP contribution is 2.41. The van der Waals surface area contributed by atoms with Gasteiger partial charge in [0.15, 0.2) is 11.5 Å². The largest absolute Gasteiger partial charge is 0.507 e. The van der Waals surface area contributed by atoms with E-state index < -0.39 is 17.7 Å². The zero-order chi connectivity index (χ0) is 21.4. The number of nitrogens with zero attached hydrogens (tertiary/aromatic N) is 2. The zero-order valence-electron chi connectivity index (χ0n) is 16.8. The van der Waals surface area contributed by atoms with E-state index in [1.54, 1.807) is 42.7 Å². The average Bonchev–Trinajstić information content (AvgIpc) is 3.41. The Morgan fingerprint density at radius 2 is 1.97 bits per heavy atom. The molecule has 2 fully saturated rings. The Hall–Kier alpha value is -3.39. The second kappa shape index (κ2) is 8.03. The molecule has 31 heavy (non-hydrogen) atoms. The molecule has 0 spiro atoms. The minimum Gasteiger partial charge on any atom is -0.507 e. The van der Waals surface area contributed by atoms with Gasteiger partial charge in [0, 0.05) is 31.1 Å². The number of fused-ring (bicyclic) bond motifs is 1. The summed E-state index contributed by atoms with van der Waals surface area (Å²) in [5.41, 5.74) is 1.07. The number of aliphatic hydroxyl groups is 1. The fraction of sp³-hybridized carbons (Fsp3) is 0.348. The van der Waals surface area contributed by atoms with Gasteiger partial charge in [0.25, 0.3) is 11.7 Å². The highest BCUT2D eigenvalue weighted by molar-refractivity contribution is 6.46. The second-order valence-electron chi connectivity index (χ2n) is 7.73. The lowest BCUT2D eigenvalue weighted by Crippen LogP contribution is -2.36. The maximum Gasteiger partial charge on any atom is 0.295 e. The second-order valence-corrected chi connectivity index (χ2v) is 7.73. The lowest BCUT2D eigenvalue weighted by molar-refractivity contribution is -0.140. The van der Waals surface area contributed by atoms with Crippen molar-refractivity contribution in [3.8, 4) is 11.5 Å². The fourth-order valence-electron chi connectivity index (χ4n) is 4.31. The maximum absolute atomic E-state index is 13.1. The Labute approximate surface area is 179 Å². The van der Waals surface area contributed by atoms with E-state index in [4.69, 9.17) is 14.2 Å². The molecule has 3 aliphatic rings. The van der Waals surface area contributed by atoms with Crippen molar-refractivity contribution in [2.75, 3.05) is 26.4 Å². The summed E-state index contributed by atoms with van der Waals surface area (Å²) in [6.07, 6.45) is 4.84. The van der Waals surface area contributed by atoms with Crippen LogP contribution in [0.3, 0.4) is 0 Å². The first-order valence-corrected chi connectivity index (χ1v) is 10.3. The van der Waals surface area contributed by atoms with Crippen LogP contribution in [0.4, 0.5) is 0 Å². The third-order valence-electron chi connectivity index (χ3n) is 5.78. The first kappa shape index (κ1) is 19.6. The highest BCUT2D eigenvalue weighted by Gasteiger charge is 2.47. The summed E-state index contributed by atoms with van der Waals surface area (Å²) in [5.74, 6) is -0.561. The molecule has 2 atom stereocenters. The van der Waals surface area contributed by atoms with Crippen molar-refractivity contribution in [3.05, 3.63) is 59.4 Å². The molecular formula is C23H22N2O6. The minimum absolute atomic E-state index is 0.0349. The molecule has 2 aromatic rings. The van der Waals surface area contributed by atoms with Crippen LogP contribution in [-0.4, -0.2) is 59.2 Å². The summed E-state index contributed by atoms with van der Waals surface area (Å²) in [6, 6.07) is 7.75. The van der Waals surface area contributed by atoms with E-state index in [1.165, 1.54) is 4.90 Å². The van der Waals surface area contributed by atoms with Gasteiger partial charge in [0.2, 0.25) is 0 Å². The van der Waals surface area contributed by atoms with E-state index >= 15 is 0 Å². The number of Topliss-reactive ketones (excluding diaryl/α,β-unsaturated/α-hetero) is 1. The number of pyridine rings is 1. The highest BCUT2D eigenvalue weighted by atomic mass is 16.6. The molecule has 0 aliphatic carbocycles. The van der Waals surface area contributed by atoms with Crippen LogP contribution in [0.5, 0.6) is 11.5 Å². The van der Waals surface area contributed by atoms with Crippen LogP contribution in [0.25, 0.3) is 5.76 Å². The number of benzene rings is 1. The standard InChI is InChI=1S/C23H22N2O6/c26-21(14-5-6-17-18(11-14)31-10-9-30-17)19-20(15-3-1-7-24-12-15)25(23(28)22(19)27)13-16-4-2-8-29-16/h1,3,5-7,11-12,16,20,26H,2,4,8-10,13H2/t16-,20-/m0/s1. The summed E-state index contributed by atoms with van der Waals surface area (Å²) < 4.78 is 16.8. The van der Waals surface area contributed by atoms with E-state index in [0.717, 1.165) is 12.8 Å². The minimum atomic E-state index is -0.744. The predicted octanol–water partition coefficient (Wildman–Crippen LogP) is 2.45. The van der Waals surface area contributed by atoms with Crippen LogP contribution in [0.1, 0.15) is 30.0 Å². The van der Waals surface area contributed by atoms with Crippen LogP contribution in [-0.2, 0) is 14.3 Å². The van der Waals surface area contributed by atoms with Gasteiger partial charge >= 0.3 is 0 Å². The van der Waals surface area contributed by atoms with Crippen LogP contribution >= 0.6 is 0 Å². The van der Waals surface area contributed by atoms with E-state index in [1.807, 2.05) is 0 Å². The monoisotopic (exact) mass is 422 g/mol. The molecule has 0 radical (unpaired) electrons. The van der Waals surface area contributed by atoms with Crippen LogP contribution in [0, 0.1) is 0 Å². The third kappa shape index (κ3) is 3.53. The first-order chi connectivity index (χ1) is 15.1. The molecule has 8 nitrogen and oxygen atoms in total.